The SMILES string of the molecule is CC(C)(C)c1ccc(-c2coc3cc(OCC(=O)N4CCOCC4)ccc3c2=O)cc1. The van der Waals surface area contributed by atoms with Crippen LogP contribution in [0.4, 0.5) is 0 Å². The first kappa shape index (κ1) is 21.1. The molecule has 0 spiro atoms. The van der Waals surface area contributed by atoms with E-state index in [1.54, 1.807) is 23.1 Å². The second-order valence-electron chi connectivity index (χ2n) is 8.75. The van der Waals surface area contributed by atoms with Crippen LogP contribution < -0.4 is 10.2 Å². The van der Waals surface area contributed by atoms with Gasteiger partial charge in [-0.05, 0) is 28.7 Å². The van der Waals surface area contributed by atoms with Gasteiger partial charge in [-0.2, -0.15) is 0 Å². The Morgan fingerprint density at radius 3 is 2.45 bits per heavy atom. The minimum atomic E-state index is -0.0966. The number of benzene rings is 2. The zero-order chi connectivity index (χ0) is 22.0. The number of fused-ring (bicyclic) bond motifs is 1. The van der Waals surface area contributed by atoms with E-state index in [2.05, 4.69) is 20.8 Å². The molecule has 1 aliphatic heterocycles. The second-order valence-corrected chi connectivity index (χ2v) is 8.75. The molecule has 0 atom stereocenters. The third-order valence-electron chi connectivity index (χ3n) is 5.53. The van der Waals surface area contributed by atoms with Crippen LogP contribution in [0, 0.1) is 0 Å². The minimum Gasteiger partial charge on any atom is -0.484 e. The molecule has 1 saturated heterocycles. The first-order valence-corrected chi connectivity index (χ1v) is 10.5. The highest BCUT2D eigenvalue weighted by atomic mass is 16.5. The number of carbonyl (C=O) groups excluding carboxylic acids is 1. The Labute approximate surface area is 181 Å². The number of nitrogens with zero attached hydrogens (tertiary/aromatic N) is 1. The van der Waals surface area contributed by atoms with Crippen molar-refractivity contribution in [2.45, 2.75) is 26.2 Å². The number of hydrogen-bond donors (Lipinski definition) is 0. The minimum absolute atomic E-state index is 0.0478. The summed E-state index contributed by atoms with van der Waals surface area (Å²) in [4.78, 5) is 27.0. The van der Waals surface area contributed by atoms with Crippen molar-refractivity contribution < 1.29 is 18.7 Å². The van der Waals surface area contributed by atoms with Crippen molar-refractivity contribution in [3.8, 4) is 16.9 Å². The molecule has 1 aliphatic rings. The topological polar surface area (TPSA) is 69.0 Å². The molecule has 0 radical (unpaired) electrons. The molecule has 0 unspecified atom stereocenters. The van der Waals surface area contributed by atoms with E-state index in [1.807, 2.05) is 24.3 Å². The van der Waals surface area contributed by atoms with Gasteiger partial charge in [-0.15, -0.1) is 0 Å². The normalized spacial score (nSPS) is 14.6. The third kappa shape index (κ3) is 4.64. The molecule has 31 heavy (non-hydrogen) atoms. The van der Waals surface area contributed by atoms with Crippen molar-refractivity contribution in [1.82, 2.24) is 4.90 Å². The molecule has 1 fully saturated rings. The van der Waals surface area contributed by atoms with Gasteiger partial charge in [0.05, 0.1) is 24.2 Å². The lowest BCUT2D eigenvalue weighted by molar-refractivity contribution is -0.137. The number of rotatable bonds is 4. The van der Waals surface area contributed by atoms with Gasteiger partial charge in [0.25, 0.3) is 5.91 Å². The van der Waals surface area contributed by atoms with E-state index in [1.165, 1.54) is 11.8 Å². The lowest BCUT2D eigenvalue weighted by atomic mass is 9.86. The Kier molecular flexibility index (Phi) is 5.83. The molecule has 6 heteroatoms. The number of carbonyl (C=O) groups is 1. The fourth-order valence-corrected chi connectivity index (χ4v) is 3.60. The number of amides is 1. The molecule has 6 nitrogen and oxygen atoms in total. The summed E-state index contributed by atoms with van der Waals surface area (Å²) in [5.74, 6) is 0.401. The molecule has 4 rings (SSSR count). The van der Waals surface area contributed by atoms with Crippen LogP contribution in [0.1, 0.15) is 26.3 Å². The Morgan fingerprint density at radius 1 is 1.06 bits per heavy atom. The van der Waals surface area contributed by atoms with Crippen LogP contribution in [0.5, 0.6) is 5.75 Å². The van der Waals surface area contributed by atoms with Gasteiger partial charge in [0.2, 0.25) is 0 Å². The summed E-state index contributed by atoms with van der Waals surface area (Å²) >= 11 is 0. The smallest absolute Gasteiger partial charge is 0.260 e. The summed E-state index contributed by atoms with van der Waals surface area (Å²) < 4.78 is 16.6. The maximum absolute atomic E-state index is 13.0. The Morgan fingerprint density at radius 2 is 1.77 bits per heavy atom. The van der Waals surface area contributed by atoms with Gasteiger partial charge in [0.15, 0.2) is 12.0 Å². The third-order valence-corrected chi connectivity index (χ3v) is 5.53. The number of hydrogen-bond acceptors (Lipinski definition) is 5. The predicted octanol–water partition coefficient (Wildman–Crippen LogP) is 4.00. The molecule has 0 N–H and O–H groups in total. The fourth-order valence-electron chi connectivity index (χ4n) is 3.60. The molecule has 0 aliphatic carbocycles. The quantitative estimate of drug-likeness (QED) is 0.637. The average Bonchev–Trinajstić information content (AvgIpc) is 2.78. The summed E-state index contributed by atoms with van der Waals surface area (Å²) in [5, 5.41) is 0.476. The molecular formula is C25H27NO5. The largest absolute Gasteiger partial charge is 0.484 e. The van der Waals surface area contributed by atoms with Crippen LogP contribution in [0.25, 0.3) is 22.1 Å². The highest BCUT2D eigenvalue weighted by Gasteiger charge is 2.18. The predicted molar refractivity (Wildman–Crippen MR) is 120 cm³/mol. The highest BCUT2D eigenvalue weighted by molar-refractivity contribution is 5.83. The number of ether oxygens (including phenoxy) is 2. The van der Waals surface area contributed by atoms with Crippen LogP contribution >= 0.6 is 0 Å². The van der Waals surface area contributed by atoms with Crippen LogP contribution in [-0.4, -0.2) is 43.7 Å². The van der Waals surface area contributed by atoms with E-state index in [0.717, 1.165) is 5.56 Å². The Hall–Kier alpha value is -3.12. The van der Waals surface area contributed by atoms with Gasteiger partial charge >= 0.3 is 0 Å². The standard InChI is InChI=1S/C25H27NO5/c1-25(2,3)18-6-4-17(5-7-18)21-15-31-22-14-19(8-9-20(22)24(21)28)30-16-23(27)26-10-12-29-13-11-26/h4-9,14-15H,10-13,16H2,1-3H3. The molecule has 2 aromatic carbocycles. The molecule has 1 aromatic heterocycles. The van der Waals surface area contributed by atoms with Gasteiger partial charge in [0, 0.05) is 19.2 Å². The van der Waals surface area contributed by atoms with Gasteiger partial charge in [-0.1, -0.05) is 45.0 Å². The summed E-state index contributed by atoms with van der Waals surface area (Å²) in [6.45, 7) is 8.65. The molecule has 0 bridgehead atoms. The summed E-state index contributed by atoms with van der Waals surface area (Å²) in [5.41, 5.74) is 2.92. The summed E-state index contributed by atoms with van der Waals surface area (Å²) in [7, 11) is 0. The van der Waals surface area contributed by atoms with Crippen molar-refractivity contribution >= 4 is 16.9 Å². The van der Waals surface area contributed by atoms with Crippen LogP contribution in [0.2, 0.25) is 0 Å². The van der Waals surface area contributed by atoms with E-state index in [4.69, 9.17) is 13.9 Å². The van der Waals surface area contributed by atoms with Gasteiger partial charge < -0.3 is 18.8 Å². The average molecular weight is 421 g/mol. The second kappa shape index (κ2) is 8.55. The zero-order valence-corrected chi connectivity index (χ0v) is 18.1. The summed E-state index contributed by atoms with van der Waals surface area (Å²) in [6.07, 6.45) is 1.49. The monoisotopic (exact) mass is 421 g/mol. The van der Waals surface area contributed by atoms with E-state index in [0.29, 0.717) is 48.6 Å². The van der Waals surface area contributed by atoms with Crippen molar-refractivity contribution in [3.63, 3.8) is 0 Å². The first-order chi connectivity index (χ1) is 14.8. The zero-order valence-electron chi connectivity index (χ0n) is 18.1. The fraction of sp³-hybridized carbons (Fsp3) is 0.360. The Balaban J connectivity index is 1.52. The molecular weight excluding hydrogens is 394 g/mol. The van der Waals surface area contributed by atoms with Crippen molar-refractivity contribution in [3.05, 3.63) is 64.5 Å². The van der Waals surface area contributed by atoms with E-state index >= 15 is 0 Å². The van der Waals surface area contributed by atoms with E-state index < -0.39 is 0 Å². The number of morpholine rings is 1. The maximum Gasteiger partial charge on any atom is 0.260 e. The van der Waals surface area contributed by atoms with Gasteiger partial charge in [-0.25, -0.2) is 0 Å². The molecule has 162 valence electrons. The maximum atomic E-state index is 13.0. The lowest BCUT2D eigenvalue weighted by Crippen LogP contribution is -2.42. The van der Waals surface area contributed by atoms with Crippen molar-refractivity contribution in [2.75, 3.05) is 32.9 Å². The Bertz CT molecular complexity index is 1140. The molecule has 1 amide bonds. The van der Waals surface area contributed by atoms with Crippen molar-refractivity contribution in [1.29, 1.82) is 0 Å². The van der Waals surface area contributed by atoms with Crippen molar-refractivity contribution in [2.24, 2.45) is 0 Å². The molecule has 0 saturated carbocycles. The van der Waals surface area contributed by atoms with Gasteiger partial charge in [-0.3, -0.25) is 9.59 Å². The highest BCUT2D eigenvalue weighted by Crippen LogP contribution is 2.27. The van der Waals surface area contributed by atoms with E-state index in [9.17, 15) is 9.59 Å². The van der Waals surface area contributed by atoms with E-state index in [-0.39, 0.29) is 23.4 Å². The summed E-state index contributed by atoms with van der Waals surface area (Å²) in [6, 6.07) is 13.0. The lowest BCUT2D eigenvalue weighted by Gasteiger charge is -2.26. The first-order valence-electron chi connectivity index (χ1n) is 10.5. The van der Waals surface area contributed by atoms with Crippen LogP contribution in [-0.2, 0) is 14.9 Å². The van der Waals surface area contributed by atoms with Crippen LogP contribution in [0.15, 0.2) is 57.9 Å². The van der Waals surface area contributed by atoms with Crippen LogP contribution in [0.3, 0.4) is 0 Å². The molecule has 2 heterocycles. The van der Waals surface area contributed by atoms with Gasteiger partial charge in [0.1, 0.15) is 17.6 Å². The molecule has 3 aromatic rings.